The van der Waals surface area contributed by atoms with Gasteiger partial charge in [0, 0.05) is 18.1 Å². The standard InChI is InChI=1S/C12H24N2/c1-9-5-6-12(8-13,10(2)7-9)14-11-3-4-11/h9-11,14H,3-8,13H2,1-2H3. The zero-order valence-electron chi connectivity index (χ0n) is 9.55. The van der Waals surface area contributed by atoms with E-state index in [2.05, 4.69) is 19.2 Å². The third-order valence-electron chi connectivity index (χ3n) is 4.22. The fourth-order valence-corrected chi connectivity index (χ4v) is 2.91. The van der Waals surface area contributed by atoms with Crippen LogP contribution in [-0.4, -0.2) is 18.1 Å². The van der Waals surface area contributed by atoms with Gasteiger partial charge in [0.1, 0.15) is 0 Å². The van der Waals surface area contributed by atoms with E-state index in [1.165, 1.54) is 32.1 Å². The van der Waals surface area contributed by atoms with Crippen molar-refractivity contribution < 1.29 is 0 Å². The summed E-state index contributed by atoms with van der Waals surface area (Å²) >= 11 is 0. The molecule has 0 aromatic rings. The Morgan fingerprint density at radius 2 is 2.00 bits per heavy atom. The molecule has 2 aliphatic rings. The van der Waals surface area contributed by atoms with E-state index in [1.54, 1.807) is 0 Å². The summed E-state index contributed by atoms with van der Waals surface area (Å²) in [6.07, 6.45) is 6.70. The smallest absolute Gasteiger partial charge is 0.0332 e. The second-order valence-electron chi connectivity index (χ2n) is 5.56. The number of hydrogen-bond acceptors (Lipinski definition) is 2. The molecule has 14 heavy (non-hydrogen) atoms. The topological polar surface area (TPSA) is 38.0 Å². The molecule has 2 fully saturated rings. The molecule has 0 heterocycles. The maximum absolute atomic E-state index is 5.99. The van der Waals surface area contributed by atoms with Crippen LogP contribution in [0.1, 0.15) is 46.0 Å². The van der Waals surface area contributed by atoms with Crippen molar-refractivity contribution in [3.05, 3.63) is 0 Å². The van der Waals surface area contributed by atoms with E-state index in [9.17, 15) is 0 Å². The molecule has 2 nitrogen and oxygen atoms in total. The summed E-state index contributed by atoms with van der Waals surface area (Å²) in [5, 5.41) is 3.80. The van der Waals surface area contributed by atoms with Crippen LogP contribution in [0.5, 0.6) is 0 Å². The molecule has 3 atom stereocenters. The third-order valence-corrected chi connectivity index (χ3v) is 4.22. The molecule has 0 amide bonds. The molecule has 0 radical (unpaired) electrons. The zero-order chi connectivity index (χ0) is 10.2. The van der Waals surface area contributed by atoms with Gasteiger partial charge < -0.3 is 11.1 Å². The van der Waals surface area contributed by atoms with Crippen molar-refractivity contribution in [1.82, 2.24) is 5.32 Å². The van der Waals surface area contributed by atoms with Crippen LogP contribution in [0.2, 0.25) is 0 Å². The minimum Gasteiger partial charge on any atom is -0.329 e. The van der Waals surface area contributed by atoms with Crippen LogP contribution in [0.25, 0.3) is 0 Å². The van der Waals surface area contributed by atoms with Crippen LogP contribution >= 0.6 is 0 Å². The van der Waals surface area contributed by atoms with Gasteiger partial charge in [-0.3, -0.25) is 0 Å². The fourth-order valence-electron chi connectivity index (χ4n) is 2.91. The average Bonchev–Trinajstić information content (AvgIpc) is 2.94. The first-order chi connectivity index (χ1) is 6.66. The molecule has 0 aliphatic heterocycles. The molecular formula is C12H24N2. The molecule has 3 N–H and O–H groups in total. The molecular weight excluding hydrogens is 172 g/mol. The molecule has 0 spiro atoms. The van der Waals surface area contributed by atoms with Crippen molar-refractivity contribution >= 4 is 0 Å². The van der Waals surface area contributed by atoms with E-state index in [0.717, 1.165) is 24.4 Å². The Kier molecular flexibility index (Phi) is 2.85. The Labute approximate surface area is 87.6 Å². The molecule has 0 aromatic carbocycles. The molecule has 2 rings (SSSR count). The molecule has 82 valence electrons. The summed E-state index contributed by atoms with van der Waals surface area (Å²) < 4.78 is 0. The first kappa shape index (κ1) is 10.4. The predicted molar refractivity (Wildman–Crippen MR) is 60.1 cm³/mol. The molecule has 0 saturated heterocycles. The molecule has 2 aliphatic carbocycles. The summed E-state index contributed by atoms with van der Waals surface area (Å²) in [7, 11) is 0. The van der Waals surface area contributed by atoms with Gasteiger partial charge in [-0.05, 0) is 43.9 Å². The Balaban J connectivity index is 2.01. The highest BCUT2D eigenvalue weighted by molar-refractivity contribution is 5.01. The molecule has 0 aromatic heterocycles. The lowest BCUT2D eigenvalue weighted by Gasteiger charge is -2.45. The molecule has 3 unspecified atom stereocenters. The SMILES string of the molecule is CC1CCC(CN)(NC2CC2)C(C)C1. The van der Waals surface area contributed by atoms with E-state index in [0.29, 0.717) is 0 Å². The van der Waals surface area contributed by atoms with Crippen LogP contribution in [0.15, 0.2) is 0 Å². The minimum absolute atomic E-state index is 0.272. The van der Waals surface area contributed by atoms with Gasteiger partial charge in [0.15, 0.2) is 0 Å². The Bertz CT molecular complexity index is 200. The Morgan fingerprint density at radius 3 is 2.50 bits per heavy atom. The first-order valence-electron chi connectivity index (χ1n) is 6.14. The van der Waals surface area contributed by atoms with Gasteiger partial charge in [0.05, 0.1) is 0 Å². The van der Waals surface area contributed by atoms with Crippen LogP contribution in [-0.2, 0) is 0 Å². The van der Waals surface area contributed by atoms with Crippen LogP contribution in [0.4, 0.5) is 0 Å². The largest absolute Gasteiger partial charge is 0.329 e. The lowest BCUT2D eigenvalue weighted by Crippen LogP contribution is -2.58. The van der Waals surface area contributed by atoms with Crippen molar-refractivity contribution in [1.29, 1.82) is 0 Å². The van der Waals surface area contributed by atoms with E-state index in [4.69, 9.17) is 5.73 Å². The molecule has 0 bridgehead atoms. The van der Waals surface area contributed by atoms with Crippen molar-refractivity contribution in [3.8, 4) is 0 Å². The second kappa shape index (κ2) is 3.82. The van der Waals surface area contributed by atoms with Crippen LogP contribution < -0.4 is 11.1 Å². The Morgan fingerprint density at radius 1 is 1.29 bits per heavy atom. The van der Waals surface area contributed by atoms with Gasteiger partial charge in [0.2, 0.25) is 0 Å². The maximum atomic E-state index is 5.99. The summed E-state index contributed by atoms with van der Waals surface area (Å²) in [4.78, 5) is 0. The predicted octanol–water partition coefficient (Wildman–Crippen LogP) is 1.89. The minimum atomic E-state index is 0.272. The Hall–Kier alpha value is -0.0800. The number of nitrogens with one attached hydrogen (secondary N) is 1. The maximum Gasteiger partial charge on any atom is 0.0332 e. The lowest BCUT2D eigenvalue weighted by atomic mass is 9.70. The number of nitrogens with two attached hydrogens (primary N) is 1. The van der Waals surface area contributed by atoms with E-state index in [-0.39, 0.29) is 5.54 Å². The van der Waals surface area contributed by atoms with E-state index in [1.807, 2.05) is 0 Å². The number of hydrogen-bond donors (Lipinski definition) is 2. The van der Waals surface area contributed by atoms with Crippen molar-refractivity contribution in [2.75, 3.05) is 6.54 Å². The van der Waals surface area contributed by atoms with Crippen molar-refractivity contribution in [3.63, 3.8) is 0 Å². The van der Waals surface area contributed by atoms with Gasteiger partial charge in [-0.25, -0.2) is 0 Å². The second-order valence-corrected chi connectivity index (χ2v) is 5.56. The van der Waals surface area contributed by atoms with Crippen LogP contribution in [0.3, 0.4) is 0 Å². The first-order valence-corrected chi connectivity index (χ1v) is 6.14. The highest BCUT2D eigenvalue weighted by atomic mass is 15.1. The quantitative estimate of drug-likeness (QED) is 0.723. The van der Waals surface area contributed by atoms with Gasteiger partial charge >= 0.3 is 0 Å². The van der Waals surface area contributed by atoms with Crippen LogP contribution in [0, 0.1) is 11.8 Å². The highest BCUT2D eigenvalue weighted by Gasteiger charge is 2.42. The monoisotopic (exact) mass is 196 g/mol. The van der Waals surface area contributed by atoms with E-state index < -0.39 is 0 Å². The van der Waals surface area contributed by atoms with Gasteiger partial charge in [-0.1, -0.05) is 13.8 Å². The van der Waals surface area contributed by atoms with E-state index >= 15 is 0 Å². The van der Waals surface area contributed by atoms with Gasteiger partial charge in [-0.15, -0.1) is 0 Å². The fraction of sp³-hybridized carbons (Fsp3) is 1.00. The molecule has 2 saturated carbocycles. The number of rotatable bonds is 3. The third kappa shape index (κ3) is 1.96. The summed E-state index contributed by atoms with van der Waals surface area (Å²) in [5.74, 6) is 1.64. The molecule has 2 heteroatoms. The average molecular weight is 196 g/mol. The van der Waals surface area contributed by atoms with Crippen molar-refractivity contribution in [2.45, 2.75) is 57.5 Å². The van der Waals surface area contributed by atoms with Gasteiger partial charge in [0.25, 0.3) is 0 Å². The van der Waals surface area contributed by atoms with Crippen molar-refractivity contribution in [2.24, 2.45) is 17.6 Å². The normalized spacial score (nSPS) is 43.9. The summed E-state index contributed by atoms with van der Waals surface area (Å²) in [5.41, 5.74) is 6.26. The summed E-state index contributed by atoms with van der Waals surface area (Å²) in [6.45, 7) is 5.56. The van der Waals surface area contributed by atoms with Gasteiger partial charge in [-0.2, -0.15) is 0 Å². The summed E-state index contributed by atoms with van der Waals surface area (Å²) in [6, 6.07) is 0.786. The highest BCUT2D eigenvalue weighted by Crippen LogP contribution is 2.38. The lowest BCUT2D eigenvalue weighted by molar-refractivity contribution is 0.128. The zero-order valence-corrected chi connectivity index (χ0v) is 9.55.